The lowest BCUT2D eigenvalue weighted by atomic mass is 10.0. The van der Waals surface area contributed by atoms with Crippen molar-refractivity contribution in [3.8, 4) is 0 Å². The Hall–Kier alpha value is -3.41. The van der Waals surface area contributed by atoms with Crippen LogP contribution in [0.2, 0.25) is 0 Å². The Bertz CT molecular complexity index is 1000. The van der Waals surface area contributed by atoms with E-state index in [1.807, 2.05) is 24.3 Å². The number of aliphatic carboxylic acids is 1. The molecule has 6 nitrogen and oxygen atoms in total. The highest BCUT2D eigenvalue weighted by atomic mass is 16.4. The summed E-state index contributed by atoms with van der Waals surface area (Å²) in [6.45, 7) is 0. The second kappa shape index (κ2) is 6.15. The molecule has 0 unspecified atom stereocenters. The molecule has 0 saturated heterocycles. The Kier molecular flexibility index (Phi) is 3.80. The number of aromatic nitrogens is 1. The molecular formula is C20H16N2O4. The van der Waals surface area contributed by atoms with E-state index in [1.54, 1.807) is 30.5 Å². The number of rotatable bonds is 5. The molecule has 130 valence electrons. The van der Waals surface area contributed by atoms with Crippen LogP contribution in [-0.4, -0.2) is 38.8 Å². The van der Waals surface area contributed by atoms with E-state index in [2.05, 4.69) is 4.98 Å². The lowest BCUT2D eigenvalue weighted by Crippen LogP contribution is -2.42. The number of nitrogens with one attached hydrogen (secondary N) is 1. The number of aromatic amines is 1. The van der Waals surface area contributed by atoms with Gasteiger partial charge in [0.05, 0.1) is 23.6 Å². The average molecular weight is 348 g/mol. The van der Waals surface area contributed by atoms with Gasteiger partial charge in [-0.3, -0.25) is 19.3 Å². The molecule has 1 aromatic heterocycles. The van der Waals surface area contributed by atoms with E-state index >= 15 is 0 Å². The molecule has 1 aliphatic heterocycles. The second-order valence-corrected chi connectivity index (χ2v) is 6.34. The minimum Gasteiger partial charge on any atom is -0.481 e. The molecule has 1 aliphatic rings. The van der Waals surface area contributed by atoms with Crippen LogP contribution in [0.4, 0.5) is 0 Å². The van der Waals surface area contributed by atoms with Crippen LogP contribution < -0.4 is 0 Å². The number of imide groups is 1. The maximum absolute atomic E-state index is 12.7. The Labute approximate surface area is 149 Å². The van der Waals surface area contributed by atoms with E-state index in [0.717, 1.165) is 21.4 Å². The van der Waals surface area contributed by atoms with Gasteiger partial charge < -0.3 is 10.1 Å². The molecule has 4 rings (SSSR count). The Balaban J connectivity index is 1.71. The number of hydrogen-bond donors (Lipinski definition) is 2. The van der Waals surface area contributed by atoms with Crippen molar-refractivity contribution in [1.29, 1.82) is 0 Å². The van der Waals surface area contributed by atoms with Crippen LogP contribution in [0, 0.1) is 0 Å². The molecule has 3 aromatic rings. The summed E-state index contributed by atoms with van der Waals surface area (Å²) in [5.74, 6) is -1.92. The summed E-state index contributed by atoms with van der Waals surface area (Å²) < 4.78 is 0. The number of H-pyrrole nitrogens is 1. The van der Waals surface area contributed by atoms with Crippen molar-refractivity contribution in [3.05, 3.63) is 71.4 Å². The molecule has 0 aliphatic carbocycles. The first kappa shape index (κ1) is 16.1. The summed E-state index contributed by atoms with van der Waals surface area (Å²) in [5.41, 5.74) is 2.46. The predicted molar refractivity (Wildman–Crippen MR) is 95.0 cm³/mol. The first-order valence-corrected chi connectivity index (χ1v) is 8.30. The largest absolute Gasteiger partial charge is 0.481 e. The zero-order valence-corrected chi connectivity index (χ0v) is 13.8. The lowest BCUT2D eigenvalue weighted by Gasteiger charge is -2.24. The molecular weight excluding hydrogens is 332 g/mol. The normalized spacial score (nSPS) is 14.7. The van der Waals surface area contributed by atoms with Crippen molar-refractivity contribution in [2.75, 3.05) is 0 Å². The highest BCUT2D eigenvalue weighted by Gasteiger charge is 2.40. The van der Waals surface area contributed by atoms with Crippen LogP contribution in [0.15, 0.2) is 54.7 Å². The van der Waals surface area contributed by atoms with Crippen LogP contribution in [0.3, 0.4) is 0 Å². The number of benzene rings is 2. The number of carboxylic acid groups (broad SMARTS) is 1. The molecule has 2 aromatic carbocycles. The SMILES string of the molecule is O=C(O)C[C@H](Cc1c[nH]c2ccccc12)N1C(=O)c2ccccc2C1=O. The fourth-order valence-corrected chi connectivity index (χ4v) is 3.55. The quantitative estimate of drug-likeness (QED) is 0.694. The molecule has 2 heterocycles. The Morgan fingerprint density at radius 2 is 1.62 bits per heavy atom. The van der Waals surface area contributed by atoms with Crippen molar-refractivity contribution in [1.82, 2.24) is 9.88 Å². The Morgan fingerprint density at radius 1 is 1.00 bits per heavy atom. The topological polar surface area (TPSA) is 90.5 Å². The van der Waals surface area contributed by atoms with E-state index in [9.17, 15) is 19.5 Å². The zero-order chi connectivity index (χ0) is 18.3. The van der Waals surface area contributed by atoms with Gasteiger partial charge in [-0.15, -0.1) is 0 Å². The third kappa shape index (κ3) is 2.56. The van der Waals surface area contributed by atoms with Crippen LogP contribution in [0.1, 0.15) is 32.7 Å². The first-order chi connectivity index (χ1) is 12.6. The first-order valence-electron chi connectivity index (χ1n) is 8.30. The molecule has 2 N–H and O–H groups in total. The van der Waals surface area contributed by atoms with E-state index < -0.39 is 23.8 Å². The van der Waals surface area contributed by atoms with Crippen molar-refractivity contribution >= 4 is 28.7 Å². The van der Waals surface area contributed by atoms with Crippen molar-refractivity contribution < 1.29 is 19.5 Å². The molecule has 0 fully saturated rings. The van der Waals surface area contributed by atoms with E-state index in [1.165, 1.54) is 0 Å². The van der Waals surface area contributed by atoms with Gasteiger partial charge in [0.1, 0.15) is 0 Å². The number of para-hydroxylation sites is 1. The molecule has 0 saturated carbocycles. The van der Waals surface area contributed by atoms with Crippen LogP contribution in [-0.2, 0) is 11.2 Å². The highest BCUT2D eigenvalue weighted by Crippen LogP contribution is 2.28. The number of carboxylic acids is 1. The lowest BCUT2D eigenvalue weighted by molar-refractivity contribution is -0.137. The number of carbonyl (C=O) groups excluding carboxylic acids is 2. The minimum absolute atomic E-state index is 0.280. The van der Waals surface area contributed by atoms with Crippen molar-refractivity contribution in [2.24, 2.45) is 0 Å². The van der Waals surface area contributed by atoms with Gasteiger partial charge in [-0.25, -0.2) is 0 Å². The number of hydrogen-bond acceptors (Lipinski definition) is 3. The third-order valence-electron chi connectivity index (χ3n) is 4.73. The van der Waals surface area contributed by atoms with Gasteiger partial charge in [-0.2, -0.15) is 0 Å². The van der Waals surface area contributed by atoms with E-state index in [0.29, 0.717) is 11.1 Å². The van der Waals surface area contributed by atoms with Gasteiger partial charge in [0.25, 0.3) is 11.8 Å². The number of carbonyl (C=O) groups is 3. The summed E-state index contributed by atoms with van der Waals surface area (Å²) in [4.78, 5) is 41.1. The van der Waals surface area contributed by atoms with Gasteiger partial charge >= 0.3 is 5.97 Å². The molecule has 26 heavy (non-hydrogen) atoms. The van der Waals surface area contributed by atoms with Crippen molar-refractivity contribution in [3.63, 3.8) is 0 Å². The summed E-state index contributed by atoms with van der Waals surface area (Å²) in [6, 6.07) is 13.5. The summed E-state index contributed by atoms with van der Waals surface area (Å²) in [5, 5.41) is 10.3. The Morgan fingerprint density at radius 3 is 2.27 bits per heavy atom. The van der Waals surface area contributed by atoms with Gasteiger partial charge in [-0.1, -0.05) is 30.3 Å². The molecule has 6 heteroatoms. The fraction of sp³-hybridized carbons (Fsp3) is 0.150. The van der Waals surface area contributed by atoms with E-state index in [4.69, 9.17) is 0 Å². The van der Waals surface area contributed by atoms with Crippen LogP contribution in [0.25, 0.3) is 10.9 Å². The average Bonchev–Trinajstić information content (AvgIpc) is 3.14. The summed E-state index contributed by atoms with van der Waals surface area (Å²) in [7, 11) is 0. The molecule has 2 amide bonds. The maximum atomic E-state index is 12.7. The highest BCUT2D eigenvalue weighted by molar-refractivity contribution is 6.21. The predicted octanol–water partition coefficient (Wildman–Crippen LogP) is 2.85. The standard InChI is InChI=1S/C20H16N2O4/c23-18(24)10-13(9-12-11-21-17-8-4-3-5-14(12)17)22-19(25)15-6-1-2-7-16(15)20(22)26/h1-8,11,13,21H,9-10H2,(H,23,24)/t13-/m0/s1. The van der Waals surface area contributed by atoms with Gasteiger partial charge in [-0.05, 0) is 30.2 Å². The molecule has 1 atom stereocenters. The maximum Gasteiger partial charge on any atom is 0.305 e. The molecule has 0 spiro atoms. The third-order valence-corrected chi connectivity index (χ3v) is 4.73. The second-order valence-electron chi connectivity index (χ2n) is 6.34. The van der Waals surface area contributed by atoms with Crippen LogP contribution >= 0.6 is 0 Å². The minimum atomic E-state index is -1.05. The smallest absolute Gasteiger partial charge is 0.305 e. The summed E-state index contributed by atoms with van der Waals surface area (Å²) >= 11 is 0. The van der Waals surface area contributed by atoms with Gasteiger partial charge in [0.15, 0.2) is 0 Å². The molecule has 0 radical (unpaired) electrons. The number of fused-ring (bicyclic) bond motifs is 2. The van der Waals surface area contributed by atoms with Gasteiger partial charge in [0, 0.05) is 17.1 Å². The van der Waals surface area contributed by atoms with Gasteiger partial charge in [0.2, 0.25) is 0 Å². The number of amides is 2. The van der Waals surface area contributed by atoms with Crippen LogP contribution in [0.5, 0.6) is 0 Å². The summed E-state index contributed by atoms with van der Waals surface area (Å²) in [6.07, 6.45) is 1.78. The van der Waals surface area contributed by atoms with Crippen molar-refractivity contribution in [2.45, 2.75) is 18.9 Å². The fourth-order valence-electron chi connectivity index (χ4n) is 3.55. The zero-order valence-electron chi connectivity index (χ0n) is 13.8. The van der Waals surface area contributed by atoms with E-state index in [-0.39, 0.29) is 12.8 Å². The number of nitrogens with zero attached hydrogens (tertiary/aromatic N) is 1. The molecule has 0 bridgehead atoms. The monoisotopic (exact) mass is 348 g/mol.